The summed E-state index contributed by atoms with van der Waals surface area (Å²) in [7, 11) is 1.89. The van der Waals surface area contributed by atoms with Crippen LogP contribution in [0.2, 0.25) is 5.02 Å². The SMILES string of the molecule is CNCC1CCCN1C(=O)c1cc(NC(=O)CC(C)(C)C)ccc1Cl.Cl. The van der Waals surface area contributed by atoms with Gasteiger partial charge in [0.15, 0.2) is 0 Å². The smallest absolute Gasteiger partial charge is 0.255 e. The molecule has 7 heteroatoms. The number of benzene rings is 1. The minimum Gasteiger partial charge on any atom is -0.334 e. The number of carbonyl (C=O) groups excluding carboxylic acids is 2. The van der Waals surface area contributed by atoms with E-state index in [1.807, 2.05) is 32.7 Å². The van der Waals surface area contributed by atoms with Gasteiger partial charge < -0.3 is 15.5 Å². The van der Waals surface area contributed by atoms with Gasteiger partial charge in [0.1, 0.15) is 0 Å². The molecule has 0 spiro atoms. The fraction of sp³-hybridized carbons (Fsp3) is 0.579. The van der Waals surface area contributed by atoms with E-state index in [0.717, 1.165) is 25.9 Å². The van der Waals surface area contributed by atoms with Crippen LogP contribution < -0.4 is 10.6 Å². The van der Waals surface area contributed by atoms with Crippen LogP contribution in [0.4, 0.5) is 5.69 Å². The molecular formula is C19H29Cl2N3O2. The van der Waals surface area contributed by atoms with Gasteiger partial charge in [0.05, 0.1) is 10.6 Å². The molecule has 1 aliphatic rings. The lowest BCUT2D eigenvalue weighted by Crippen LogP contribution is -2.41. The molecule has 1 aliphatic heterocycles. The molecule has 1 atom stereocenters. The summed E-state index contributed by atoms with van der Waals surface area (Å²) < 4.78 is 0. The van der Waals surface area contributed by atoms with Gasteiger partial charge in [-0.2, -0.15) is 0 Å². The van der Waals surface area contributed by atoms with Crippen molar-refractivity contribution in [2.24, 2.45) is 5.41 Å². The van der Waals surface area contributed by atoms with Crippen molar-refractivity contribution in [3.63, 3.8) is 0 Å². The largest absolute Gasteiger partial charge is 0.334 e. The predicted molar refractivity (Wildman–Crippen MR) is 109 cm³/mol. The summed E-state index contributed by atoms with van der Waals surface area (Å²) in [4.78, 5) is 26.9. The van der Waals surface area contributed by atoms with E-state index in [0.29, 0.717) is 22.7 Å². The number of rotatable bonds is 5. The highest BCUT2D eigenvalue weighted by Gasteiger charge is 2.30. The van der Waals surface area contributed by atoms with Crippen molar-refractivity contribution in [1.29, 1.82) is 0 Å². The first-order valence-electron chi connectivity index (χ1n) is 8.76. The third kappa shape index (κ3) is 6.15. The number of carbonyl (C=O) groups is 2. The summed E-state index contributed by atoms with van der Waals surface area (Å²) in [6.45, 7) is 7.55. The number of nitrogens with one attached hydrogen (secondary N) is 2. The highest BCUT2D eigenvalue weighted by Crippen LogP contribution is 2.27. The molecule has 5 nitrogen and oxygen atoms in total. The van der Waals surface area contributed by atoms with Gasteiger partial charge in [-0.15, -0.1) is 12.4 Å². The Balaban J connectivity index is 0.00000338. The summed E-state index contributed by atoms with van der Waals surface area (Å²) in [5.41, 5.74) is 0.954. The molecule has 0 aliphatic carbocycles. The molecule has 0 bridgehead atoms. The lowest BCUT2D eigenvalue weighted by Gasteiger charge is -2.25. The van der Waals surface area contributed by atoms with Gasteiger partial charge in [-0.05, 0) is 43.5 Å². The molecule has 1 aromatic carbocycles. The topological polar surface area (TPSA) is 61.4 Å². The number of likely N-dealkylation sites (tertiary alicyclic amines) is 1. The van der Waals surface area contributed by atoms with E-state index in [1.165, 1.54) is 0 Å². The quantitative estimate of drug-likeness (QED) is 0.784. The highest BCUT2D eigenvalue weighted by atomic mass is 35.5. The van der Waals surface area contributed by atoms with Crippen molar-refractivity contribution in [3.8, 4) is 0 Å². The van der Waals surface area contributed by atoms with Crippen molar-refractivity contribution in [2.75, 3.05) is 25.5 Å². The Hall–Kier alpha value is -1.30. The summed E-state index contributed by atoms with van der Waals surface area (Å²) in [5, 5.41) is 6.41. The maximum absolute atomic E-state index is 12.9. The second-order valence-corrected chi connectivity index (χ2v) is 8.24. The molecule has 0 radical (unpaired) electrons. The molecular weight excluding hydrogens is 373 g/mol. The van der Waals surface area contributed by atoms with E-state index in [1.54, 1.807) is 18.2 Å². The number of hydrogen-bond donors (Lipinski definition) is 2. The van der Waals surface area contributed by atoms with Gasteiger partial charge in [0.2, 0.25) is 5.91 Å². The third-order valence-corrected chi connectivity index (χ3v) is 4.58. The fourth-order valence-electron chi connectivity index (χ4n) is 3.16. The van der Waals surface area contributed by atoms with E-state index in [4.69, 9.17) is 11.6 Å². The zero-order valence-corrected chi connectivity index (χ0v) is 17.5. The number of halogens is 2. The van der Waals surface area contributed by atoms with Crippen molar-refractivity contribution >= 4 is 41.5 Å². The van der Waals surface area contributed by atoms with Crippen LogP contribution in [-0.4, -0.2) is 42.9 Å². The van der Waals surface area contributed by atoms with E-state index in [9.17, 15) is 9.59 Å². The first-order chi connectivity index (χ1) is 11.7. The van der Waals surface area contributed by atoms with E-state index in [2.05, 4.69) is 10.6 Å². The molecule has 1 unspecified atom stereocenters. The van der Waals surface area contributed by atoms with Crippen molar-refractivity contribution in [1.82, 2.24) is 10.2 Å². The summed E-state index contributed by atoms with van der Waals surface area (Å²) in [6.07, 6.45) is 2.40. The van der Waals surface area contributed by atoms with Crippen LogP contribution in [0.25, 0.3) is 0 Å². The standard InChI is InChI=1S/C19H28ClN3O2.ClH/c1-19(2,3)11-17(24)22-13-7-8-16(20)15(10-13)18(25)23-9-5-6-14(23)12-21-4;/h7-8,10,14,21H,5-6,9,11-12H2,1-4H3,(H,22,24);1H. The molecule has 0 saturated carbocycles. The Morgan fingerprint density at radius 3 is 2.62 bits per heavy atom. The van der Waals surface area contributed by atoms with E-state index >= 15 is 0 Å². The minimum absolute atomic E-state index is 0. The van der Waals surface area contributed by atoms with Gasteiger partial charge in [-0.3, -0.25) is 9.59 Å². The molecule has 2 rings (SSSR count). The summed E-state index contributed by atoms with van der Waals surface area (Å²) >= 11 is 6.26. The number of likely N-dealkylation sites (N-methyl/N-ethyl adjacent to an activating group) is 1. The average Bonchev–Trinajstić information content (AvgIpc) is 2.95. The highest BCUT2D eigenvalue weighted by molar-refractivity contribution is 6.34. The Morgan fingerprint density at radius 2 is 2.00 bits per heavy atom. The summed E-state index contributed by atoms with van der Waals surface area (Å²) in [6, 6.07) is 5.27. The van der Waals surface area contributed by atoms with Crippen molar-refractivity contribution in [3.05, 3.63) is 28.8 Å². The molecule has 2 amide bonds. The van der Waals surface area contributed by atoms with Gasteiger partial charge in [-0.25, -0.2) is 0 Å². The molecule has 1 saturated heterocycles. The maximum atomic E-state index is 12.9. The van der Waals surface area contributed by atoms with Crippen LogP contribution in [0, 0.1) is 5.41 Å². The van der Waals surface area contributed by atoms with Crippen LogP contribution in [0.15, 0.2) is 18.2 Å². The van der Waals surface area contributed by atoms with Crippen molar-refractivity contribution < 1.29 is 9.59 Å². The van der Waals surface area contributed by atoms with E-state index in [-0.39, 0.29) is 35.7 Å². The molecule has 1 fully saturated rings. The number of hydrogen-bond acceptors (Lipinski definition) is 3. The third-order valence-electron chi connectivity index (χ3n) is 4.25. The zero-order chi connectivity index (χ0) is 18.6. The molecule has 1 aromatic rings. The second kappa shape index (κ2) is 9.58. The molecule has 146 valence electrons. The van der Waals surface area contributed by atoms with Crippen LogP contribution in [-0.2, 0) is 4.79 Å². The molecule has 1 heterocycles. The monoisotopic (exact) mass is 401 g/mol. The normalized spacial score (nSPS) is 17.0. The molecule has 2 N–H and O–H groups in total. The molecule has 26 heavy (non-hydrogen) atoms. The van der Waals surface area contributed by atoms with Crippen LogP contribution in [0.5, 0.6) is 0 Å². The number of amides is 2. The van der Waals surface area contributed by atoms with Crippen LogP contribution in [0.3, 0.4) is 0 Å². The Kier molecular flexibility index (Phi) is 8.38. The second-order valence-electron chi connectivity index (χ2n) is 7.83. The first kappa shape index (κ1) is 22.7. The zero-order valence-electron chi connectivity index (χ0n) is 15.9. The average molecular weight is 402 g/mol. The maximum Gasteiger partial charge on any atom is 0.255 e. The Bertz CT molecular complexity index is 644. The number of anilines is 1. The first-order valence-corrected chi connectivity index (χ1v) is 9.14. The predicted octanol–water partition coefficient (Wildman–Crippen LogP) is 3.96. The van der Waals surface area contributed by atoms with Gasteiger partial charge in [0.25, 0.3) is 5.91 Å². The van der Waals surface area contributed by atoms with Crippen LogP contribution in [0.1, 0.15) is 50.4 Å². The number of nitrogens with zero attached hydrogens (tertiary/aromatic N) is 1. The van der Waals surface area contributed by atoms with Gasteiger partial charge in [-0.1, -0.05) is 32.4 Å². The summed E-state index contributed by atoms with van der Waals surface area (Å²) in [5.74, 6) is -0.142. The van der Waals surface area contributed by atoms with E-state index < -0.39 is 0 Å². The van der Waals surface area contributed by atoms with Gasteiger partial charge >= 0.3 is 0 Å². The fourth-order valence-corrected chi connectivity index (χ4v) is 3.36. The minimum atomic E-state index is -0.0922. The van der Waals surface area contributed by atoms with Crippen LogP contribution >= 0.6 is 24.0 Å². The lowest BCUT2D eigenvalue weighted by molar-refractivity contribution is -0.117. The van der Waals surface area contributed by atoms with Gasteiger partial charge in [0, 0.05) is 31.2 Å². The Morgan fingerprint density at radius 1 is 1.31 bits per heavy atom. The van der Waals surface area contributed by atoms with Crippen molar-refractivity contribution in [2.45, 2.75) is 46.1 Å². The Labute approximate surface area is 167 Å². The lowest BCUT2D eigenvalue weighted by atomic mass is 9.92. The molecule has 0 aromatic heterocycles.